The van der Waals surface area contributed by atoms with Gasteiger partial charge in [-0.1, -0.05) is 0 Å². The van der Waals surface area contributed by atoms with Crippen LogP contribution in [0, 0.1) is 5.92 Å². The summed E-state index contributed by atoms with van der Waals surface area (Å²) >= 11 is 0. The molecule has 0 aromatic rings. The summed E-state index contributed by atoms with van der Waals surface area (Å²) < 4.78 is 22.2. The Hall–Kier alpha value is 1.22. The third kappa shape index (κ3) is 4.36. The van der Waals surface area contributed by atoms with Crippen molar-refractivity contribution in [3.05, 3.63) is 0 Å². The van der Waals surface area contributed by atoms with Crippen molar-refractivity contribution < 1.29 is 33.8 Å². The third-order valence-corrected chi connectivity index (χ3v) is 6.69. The summed E-state index contributed by atoms with van der Waals surface area (Å²) in [6.07, 6.45) is 0.687. The fourth-order valence-corrected chi connectivity index (χ4v) is 4.24. The molecule has 0 saturated carbocycles. The van der Waals surface area contributed by atoms with Crippen molar-refractivity contribution in [3.8, 4) is 0 Å². The van der Waals surface area contributed by atoms with E-state index in [0.717, 1.165) is 13.0 Å². The summed E-state index contributed by atoms with van der Waals surface area (Å²) in [5.41, 5.74) is 0. The van der Waals surface area contributed by atoms with E-state index in [1.165, 1.54) is 0 Å². The van der Waals surface area contributed by atoms with Crippen LogP contribution in [0.25, 0.3) is 0 Å². The van der Waals surface area contributed by atoms with Gasteiger partial charge in [0.15, 0.2) is 0 Å². The second kappa shape index (κ2) is 6.78. The Morgan fingerprint density at radius 1 is 1.17 bits per heavy atom. The Kier molecular flexibility index (Phi) is 7.24. The van der Waals surface area contributed by atoms with E-state index in [2.05, 4.69) is 5.32 Å². The van der Waals surface area contributed by atoms with Gasteiger partial charge in [-0.3, -0.25) is 9.13 Å². The van der Waals surface area contributed by atoms with Crippen LogP contribution in [0.4, 0.5) is 0 Å². The molecule has 1 aliphatic rings. The SMILES string of the molecule is O=P(O)(O)C(O)(CC1CCCNC1)P(=O)(O)O.[NaH]. The minimum absolute atomic E-state index is 0. The topological polar surface area (TPSA) is 147 Å². The summed E-state index contributed by atoms with van der Waals surface area (Å²) in [5, 5.41) is 9.35. The van der Waals surface area contributed by atoms with E-state index in [0.29, 0.717) is 13.0 Å². The van der Waals surface area contributed by atoms with Gasteiger partial charge in [0.1, 0.15) is 0 Å². The zero-order valence-electron chi connectivity index (χ0n) is 9.06. The van der Waals surface area contributed by atoms with E-state index >= 15 is 0 Å². The van der Waals surface area contributed by atoms with Crippen LogP contribution in [-0.2, 0) is 9.13 Å². The predicted octanol–water partition coefficient (Wildman–Crippen LogP) is -1.27. The fraction of sp³-hybridized carbons (Fsp3) is 1.00. The van der Waals surface area contributed by atoms with E-state index in [1.807, 2.05) is 0 Å². The number of hydrogen-bond acceptors (Lipinski definition) is 4. The van der Waals surface area contributed by atoms with Gasteiger partial charge in [-0.25, -0.2) is 0 Å². The van der Waals surface area contributed by atoms with Crippen LogP contribution >= 0.6 is 15.2 Å². The van der Waals surface area contributed by atoms with Crippen LogP contribution in [-0.4, -0.2) is 72.4 Å². The molecule has 0 amide bonds. The zero-order chi connectivity index (χ0) is 13.3. The Balaban J connectivity index is 0.00000289. The van der Waals surface area contributed by atoms with Crippen LogP contribution in [0.3, 0.4) is 0 Å². The van der Waals surface area contributed by atoms with Crippen molar-refractivity contribution in [1.82, 2.24) is 5.32 Å². The summed E-state index contributed by atoms with van der Waals surface area (Å²) in [6.45, 7) is 1.13. The molecular weight excluding hydrogens is 295 g/mol. The first-order valence-electron chi connectivity index (χ1n) is 5.12. The van der Waals surface area contributed by atoms with Crippen molar-refractivity contribution >= 4 is 44.7 Å². The third-order valence-electron chi connectivity index (χ3n) is 2.89. The Morgan fingerprint density at radius 2 is 1.67 bits per heavy atom. The van der Waals surface area contributed by atoms with Gasteiger partial charge in [0, 0.05) is 6.42 Å². The monoisotopic (exact) mass is 313 g/mol. The van der Waals surface area contributed by atoms with Gasteiger partial charge in [-0.2, -0.15) is 0 Å². The molecule has 0 radical (unpaired) electrons. The van der Waals surface area contributed by atoms with E-state index < -0.39 is 26.7 Å². The first-order chi connectivity index (χ1) is 7.58. The molecule has 11 heteroatoms. The molecule has 1 unspecified atom stereocenters. The molecule has 6 N–H and O–H groups in total. The molecule has 1 saturated heterocycles. The molecule has 8 nitrogen and oxygen atoms in total. The first-order valence-corrected chi connectivity index (χ1v) is 8.35. The predicted molar refractivity (Wildman–Crippen MR) is 66.4 cm³/mol. The molecule has 1 atom stereocenters. The van der Waals surface area contributed by atoms with Crippen molar-refractivity contribution in [1.29, 1.82) is 0 Å². The van der Waals surface area contributed by atoms with Gasteiger partial charge >= 0.3 is 44.7 Å². The first kappa shape index (κ1) is 19.2. The molecule has 104 valence electrons. The standard InChI is InChI=1S/C7H17NO7P2.Na.H/c9-7(16(10,11)12,17(13,14)15)4-6-2-1-3-8-5-6;;/h6,8-9H,1-5H2,(H2,10,11,12)(H2,13,14,15);;. The second-order valence-corrected chi connectivity index (χ2v) is 8.29. The van der Waals surface area contributed by atoms with E-state index in [4.69, 9.17) is 19.6 Å². The van der Waals surface area contributed by atoms with Crippen LogP contribution in [0.2, 0.25) is 0 Å². The normalized spacial score (nSPS) is 22.4. The van der Waals surface area contributed by atoms with E-state index in [9.17, 15) is 14.2 Å². The Morgan fingerprint density at radius 3 is 2.00 bits per heavy atom. The number of nitrogens with one attached hydrogen (secondary N) is 1. The van der Waals surface area contributed by atoms with Gasteiger partial charge < -0.3 is 30.0 Å². The molecule has 0 bridgehead atoms. The maximum absolute atomic E-state index is 11.1. The number of rotatable bonds is 4. The molecule has 0 spiro atoms. The van der Waals surface area contributed by atoms with Crippen LogP contribution in [0.1, 0.15) is 19.3 Å². The van der Waals surface area contributed by atoms with Crippen LogP contribution in [0.5, 0.6) is 0 Å². The van der Waals surface area contributed by atoms with Gasteiger partial charge in [0.05, 0.1) is 0 Å². The van der Waals surface area contributed by atoms with Gasteiger partial charge in [0.25, 0.3) is 5.08 Å². The van der Waals surface area contributed by atoms with Gasteiger partial charge in [0.2, 0.25) is 0 Å². The van der Waals surface area contributed by atoms with Crippen molar-refractivity contribution in [3.63, 3.8) is 0 Å². The Bertz CT molecular complexity index is 339. The fourth-order valence-electron chi connectivity index (χ4n) is 1.89. The van der Waals surface area contributed by atoms with Crippen molar-refractivity contribution in [2.45, 2.75) is 24.3 Å². The molecule has 0 aromatic carbocycles. The molecular formula is C7H18NNaO7P2. The minimum atomic E-state index is -5.31. The van der Waals surface area contributed by atoms with Crippen molar-refractivity contribution in [2.24, 2.45) is 5.92 Å². The zero-order valence-corrected chi connectivity index (χ0v) is 10.8. The number of piperidine rings is 1. The molecule has 1 aliphatic heterocycles. The molecule has 0 aromatic heterocycles. The quantitative estimate of drug-likeness (QED) is 0.278. The van der Waals surface area contributed by atoms with Crippen LogP contribution < -0.4 is 5.32 Å². The number of aliphatic hydroxyl groups is 1. The molecule has 1 fully saturated rings. The Labute approximate surface area is 127 Å². The van der Waals surface area contributed by atoms with Crippen LogP contribution in [0.15, 0.2) is 0 Å². The maximum atomic E-state index is 11.1. The van der Waals surface area contributed by atoms with E-state index in [-0.39, 0.29) is 35.5 Å². The average Bonchev–Trinajstić information content (AvgIpc) is 2.15. The number of hydrogen-bond donors (Lipinski definition) is 6. The average molecular weight is 313 g/mol. The second-order valence-electron chi connectivity index (χ2n) is 4.28. The molecule has 0 aliphatic carbocycles. The van der Waals surface area contributed by atoms with Crippen molar-refractivity contribution in [2.75, 3.05) is 13.1 Å². The van der Waals surface area contributed by atoms with Gasteiger partial charge in [-0.05, 0) is 31.8 Å². The summed E-state index contributed by atoms with van der Waals surface area (Å²) in [6, 6.07) is 0. The summed E-state index contributed by atoms with van der Waals surface area (Å²) in [5.74, 6) is -0.367. The molecule has 1 heterocycles. The van der Waals surface area contributed by atoms with Gasteiger partial charge in [-0.15, -0.1) is 0 Å². The summed E-state index contributed by atoms with van der Waals surface area (Å²) in [4.78, 5) is 35.8. The summed E-state index contributed by atoms with van der Waals surface area (Å²) in [7, 11) is -10.6. The van der Waals surface area contributed by atoms with E-state index in [1.54, 1.807) is 0 Å². The molecule has 1 rings (SSSR count). The molecule has 18 heavy (non-hydrogen) atoms.